The summed E-state index contributed by atoms with van der Waals surface area (Å²) in [6, 6.07) is 5.57. The molecule has 0 fully saturated rings. The second kappa shape index (κ2) is 9.23. The van der Waals surface area contributed by atoms with Gasteiger partial charge in [0, 0.05) is 22.6 Å². The van der Waals surface area contributed by atoms with E-state index in [4.69, 9.17) is 23.2 Å². The van der Waals surface area contributed by atoms with Gasteiger partial charge in [-0.25, -0.2) is 13.2 Å². The van der Waals surface area contributed by atoms with Crippen molar-refractivity contribution >= 4 is 56.1 Å². The van der Waals surface area contributed by atoms with E-state index in [0.717, 1.165) is 18.2 Å². The molecule has 0 saturated heterocycles. The molecule has 2 rings (SSSR count). The van der Waals surface area contributed by atoms with E-state index in [-0.39, 0.29) is 22.0 Å². The maximum Gasteiger partial charge on any atom is 0.417 e. The largest absolute Gasteiger partial charge is 0.611 e. The molecule has 0 bridgehead atoms. The standard InChI is InChI=1S/C17H14Cl2F3NO5S2/c1-2-14(16(24)25)29(26)15-6-3-9(18)7-13(15)23-30(27,28)10-4-5-12(19)11(8-10)17(20,21)22/h3-8,14,23H,2H2,1H3,(H,24,25). The minimum Gasteiger partial charge on any atom is -0.611 e. The molecule has 0 amide bonds. The van der Waals surface area contributed by atoms with Crippen molar-refractivity contribution in [3.63, 3.8) is 0 Å². The summed E-state index contributed by atoms with van der Waals surface area (Å²) in [5.74, 6) is -1.35. The number of anilines is 1. The number of rotatable bonds is 7. The zero-order chi connectivity index (χ0) is 22.9. The highest BCUT2D eigenvalue weighted by molar-refractivity contribution is 7.94. The zero-order valence-electron chi connectivity index (χ0n) is 15.0. The minimum absolute atomic E-state index is 0.0110. The molecular formula is C17H14Cl2F3NO5S2. The molecule has 0 aliphatic rings. The number of nitrogens with one attached hydrogen (secondary N) is 1. The van der Waals surface area contributed by atoms with E-state index in [2.05, 4.69) is 0 Å². The maximum atomic E-state index is 13.1. The molecule has 13 heteroatoms. The zero-order valence-corrected chi connectivity index (χ0v) is 18.2. The van der Waals surface area contributed by atoms with Crippen molar-refractivity contribution in [2.45, 2.75) is 34.6 Å². The van der Waals surface area contributed by atoms with Gasteiger partial charge < -0.3 is 9.66 Å². The van der Waals surface area contributed by atoms with Crippen molar-refractivity contribution in [2.75, 3.05) is 4.72 Å². The Kier molecular flexibility index (Phi) is 7.57. The van der Waals surface area contributed by atoms with Gasteiger partial charge in [-0.15, -0.1) is 0 Å². The normalized spacial score (nSPS) is 14.2. The Hall–Kier alpha value is -1.66. The summed E-state index contributed by atoms with van der Waals surface area (Å²) in [5.41, 5.74) is -1.66. The van der Waals surface area contributed by atoms with Gasteiger partial charge in [-0.2, -0.15) is 13.2 Å². The first-order valence-electron chi connectivity index (χ1n) is 8.10. The van der Waals surface area contributed by atoms with Gasteiger partial charge in [0.25, 0.3) is 10.0 Å². The number of benzene rings is 2. The average molecular weight is 504 g/mol. The van der Waals surface area contributed by atoms with Crippen LogP contribution in [0.15, 0.2) is 46.2 Å². The molecule has 6 nitrogen and oxygen atoms in total. The third-order valence-corrected chi connectivity index (χ3v) is 7.63. The van der Waals surface area contributed by atoms with Crippen LogP contribution in [0.4, 0.5) is 18.9 Å². The number of halogens is 5. The summed E-state index contributed by atoms with van der Waals surface area (Å²) in [6.07, 6.45) is -4.90. The Bertz CT molecular complexity index is 1060. The Morgan fingerprint density at radius 3 is 2.40 bits per heavy atom. The number of hydrogen-bond donors (Lipinski definition) is 2. The Morgan fingerprint density at radius 1 is 1.23 bits per heavy atom. The monoisotopic (exact) mass is 503 g/mol. The topological polar surface area (TPSA) is 107 Å². The number of carboxylic acid groups (broad SMARTS) is 1. The lowest BCUT2D eigenvalue weighted by molar-refractivity contribution is -0.138. The first kappa shape index (κ1) is 24.6. The highest BCUT2D eigenvalue weighted by Crippen LogP contribution is 2.37. The van der Waals surface area contributed by atoms with Gasteiger partial charge in [-0.05, 0) is 36.4 Å². The number of hydrogen-bond acceptors (Lipinski definition) is 4. The van der Waals surface area contributed by atoms with E-state index in [0.29, 0.717) is 6.07 Å². The third kappa shape index (κ3) is 5.52. The Morgan fingerprint density at radius 2 is 1.87 bits per heavy atom. The lowest BCUT2D eigenvalue weighted by Crippen LogP contribution is -2.30. The lowest BCUT2D eigenvalue weighted by atomic mass is 10.2. The lowest BCUT2D eigenvalue weighted by Gasteiger charge is -2.20. The first-order valence-corrected chi connectivity index (χ1v) is 11.6. The minimum atomic E-state index is -4.89. The summed E-state index contributed by atoms with van der Waals surface area (Å²) >= 11 is 9.20. The van der Waals surface area contributed by atoms with Gasteiger partial charge in [0.15, 0.2) is 4.90 Å². The Balaban J connectivity index is 2.52. The molecule has 0 aliphatic heterocycles. The number of alkyl halides is 3. The molecule has 30 heavy (non-hydrogen) atoms. The molecular weight excluding hydrogens is 490 g/mol. The van der Waals surface area contributed by atoms with Crippen LogP contribution in [0, 0.1) is 0 Å². The van der Waals surface area contributed by atoms with Crippen molar-refractivity contribution in [1.29, 1.82) is 0 Å². The molecule has 0 aromatic heterocycles. The van der Waals surface area contributed by atoms with E-state index in [1.165, 1.54) is 19.1 Å². The van der Waals surface area contributed by atoms with E-state index in [9.17, 15) is 36.0 Å². The summed E-state index contributed by atoms with van der Waals surface area (Å²) in [4.78, 5) is 10.4. The number of carboxylic acids is 1. The summed E-state index contributed by atoms with van der Waals surface area (Å²) in [5, 5.41) is 7.23. The molecule has 0 aliphatic carbocycles. The molecule has 2 aromatic carbocycles. The van der Waals surface area contributed by atoms with Gasteiger partial charge in [0.2, 0.25) is 5.25 Å². The van der Waals surface area contributed by atoms with E-state index >= 15 is 0 Å². The second-order valence-electron chi connectivity index (χ2n) is 5.92. The quantitative estimate of drug-likeness (QED) is 0.528. The van der Waals surface area contributed by atoms with Gasteiger partial charge in [-0.1, -0.05) is 30.1 Å². The predicted octanol–water partition coefficient (Wildman–Crippen LogP) is 4.78. The van der Waals surface area contributed by atoms with Crippen LogP contribution in [-0.4, -0.2) is 29.3 Å². The van der Waals surface area contributed by atoms with Crippen molar-refractivity contribution in [1.82, 2.24) is 0 Å². The fraction of sp³-hybridized carbons (Fsp3) is 0.235. The number of carbonyl (C=O) groups is 1. The number of sulfonamides is 1. The molecule has 2 aromatic rings. The van der Waals surface area contributed by atoms with Crippen LogP contribution in [0.3, 0.4) is 0 Å². The first-order chi connectivity index (χ1) is 13.8. The van der Waals surface area contributed by atoms with Gasteiger partial charge >= 0.3 is 12.1 Å². The molecule has 0 radical (unpaired) electrons. The van der Waals surface area contributed by atoms with Gasteiger partial charge in [-0.3, -0.25) is 4.72 Å². The SMILES string of the molecule is CCC(C(=O)O)[S+]([O-])c1ccc(Cl)cc1NS(=O)(=O)c1ccc(Cl)c(C(F)(F)F)c1. The van der Waals surface area contributed by atoms with Crippen LogP contribution >= 0.6 is 23.2 Å². The van der Waals surface area contributed by atoms with E-state index in [1.807, 2.05) is 4.72 Å². The van der Waals surface area contributed by atoms with Crippen LogP contribution in [0.5, 0.6) is 0 Å². The number of aliphatic carboxylic acids is 1. The van der Waals surface area contributed by atoms with Crippen LogP contribution in [0.1, 0.15) is 18.9 Å². The molecule has 164 valence electrons. The fourth-order valence-electron chi connectivity index (χ4n) is 2.42. The third-order valence-electron chi connectivity index (χ3n) is 3.86. The molecule has 2 N–H and O–H groups in total. The average Bonchev–Trinajstić information content (AvgIpc) is 2.60. The summed E-state index contributed by atoms with van der Waals surface area (Å²) < 4.78 is 79.2. The predicted molar refractivity (Wildman–Crippen MR) is 107 cm³/mol. The van der Waals surface area contributed by atoms with Crippen molar-refractivity contribution in [3.8, 4) is 0 Å². The molecule has 0 spiro atoms. The molecule has 2 unspecified atom stereocenters. The van der Waals surface area contributed by atoms with E-state index < -0.39 is 54.1 Å². The smallest absolute Gasteiger partial charge is 0.417 e. The molecule has 2 atom stereocenters. The fourth-order valence-corrected chi connectivity index (χ4v) is 5.30. The van der Waals surface area contributed by atoms with Crippen molar-refractivity contribution < 1.29 is 36.0 Å². The van der Waals surface area contributed by atoms with E-state index in [1.54, 1.807) is 0 Å². The molecule has 0 saturated carbocycles. The van der Waals surface area contributed by atoms with Crippen molar-refractivity contribution in [3.05, 3.63) is 52.0 Å². The summed E-state index contributed by atoms with van der Waals surface area (Å²) in [6.45, 7) is 1.49. The van der Waals surface area contributed by atoms with Gasteiger partial charge in [0.05, 0.1) is 15.5 Å². The van der Waals surface area contributed by atoms with Crippen LogP contribution in [0.2, 0.25) is 10.0 Å². The maximum absolute atomic E-state index is 13.1. The van der Waals surface area contributed by atoms with Crippen molar-refractivity contribution in [2.24, 2.45) is 0 Å². The van der Waals surface area contributed by atoms with Gasteiger partial charge in [0.1, 0.15) is 5.69 Å². The highest BCUT2D eigenvalue weighted by Gasteiger charge is 2.36. The molecule has 0 heterocycles. The van der Waals surface area contributed by atoms with Crippen LogP contribution < -0.4 is 4.72 Å². The van der Waals surface area contributed by atoms with Crippen LogP contribution in [0.25, 0.3) is 0 Å². The summed E-state index contributed by atoms with van der Waals surface area (Å²) in [7, 11) is -4.59. The highest BCUT2D eigenvalue weighted by atomic mass is 35.5. The van der Waals surface area contributed by atoms with Crippen LogP contribution in [-0.2, 0) is 32.2 Å². The second-order valence-corrected chi connectivity index (χ2v) is 10.0. The Labute approximate surface area is 183 Å².